The van der Waals surface area contributed by atoms with Crippen LogP contribution >= 0.6 is 11.3 Å². The van der Waals surface area contributed by atoms with Crippen molar-refractivity contribution in [2.24, 2.45) is 0 Å². The molecule has 1 aromatic carbocycles. The Kier molecular flexibility index (Phi) is 5.60. The van der Waals surface area contributed by atoms with Gasteiger partial charge in [0, 0.05) is 18.3 Å². The molecule has 0 bridgehead atoms. The maximum absolute atomic E-state index is 12.9. The fourth-order valence-electron chi connectivity index (χ4n) is 1.96. The summed E-state index contributed by atoms with van der Waals surface area (Å²) in [6.07, 6.45) is 0.667. The topological polar surface area (TPSA) is 70.5 Å². The minimum absolute atomic E-state index is 0.141. The normalized spacial score (nSPS) is 10.4. The van der Waals surface area contributed by atoms with Gasteiger partial charge in [0.25, 0.3) is 0 Å². The molecule has 5 nitrogen and oxygen atoms in total. The SMILES string of the molecule is O=C(O)CN(Cc1ccc(F)cc1)C(=O)CCc1cscn1. The highest BCUT2D eigenvalue weighted by Crippen LogP contribution is 2.10. The summed E-state index contributed by atoms with van der Waals surface area (Å²) in [5.74, 6) is -1.72. The van der Waals surface area contributed by atoms with Crippen molar-refractivity contribution in [1.82, 2.24) is 9.88 Å². The maximum atomic E-state index is 12.9. The number of carboxylic acids is 1. The number of carbonyl (C=O) groups is 2. The van der Waals surface area contributed by atoms with Crippen molar-refractivity contribution in [2.75, 3.05) is 6.54 Å². The second kappa shape index (κ2) is 7.65. The van der Waals surface area contributed by atoms with Crippen LogP contribution in [0.4, 0.5) is 4.39 Å². The van der Waals surface area contributed by atoms with E-state index in [2.05, 4.69) is 4.98 Å². The number of carbonyl (C=O) groups excluding carboxylic acids is 1. The summed E-state index contributed by atoms with van der Waals surface area (Å²) in [5, 5.41) is 10.8. The summed E-state index contributed by atoms with van der Waals surface area (Å²) in [6.45, 7) is -0.240. The summed E-state index contributed by atoms with van der Waals surface area (Å²) in [4.78, 5) is 28.5. The Morgan fingerprint density at radius 1 is 1.27 bits per heavy atom. The summed E-state index contributed by atoms with van der Waals surface area (Å²) in [7, 11) is 0. The summed E-state index contributed by atoms with van der Waals surface area (Å²) in [5.41, 5.74) is 3.19. The van der Waals surface area contributed by atoms with Crippen molar-refractivity contribution < 1.29 is 19.1 Å². The molecule has 7 heteroatoms. The Bertz CT molecular complexity index is 629. The number of thiazole rings is 1. The number of hydrogen-bond donors (Lipinski definition) is 1. The Labute approximate surface area is 131 Å². The van der Waals surface area contributed by atoms with E-state index in [-0.39, 0.29) is 31.2 Å². The smallest absolute Gasteiger partial charge is 0.323 e. The van der Waals surface area contributed by atoms with Gasteiger partial charge in [-0.2, -0.15) is 0 Å². The van der Waals surface area contributed by atoms with Gasteiger partial charge >= 0.3 is 5.97 Å². The molecule has 22 heavy (non-hydrogen) atoms. The molecule has 1 aromatic heterocycles. The molecule has 0 unspecified atom stereocenters. The van der Waals surface area contributed by atoms with Crippen molar-refractivity contribution in [3.8, 4) is 0 Å². The lowest BCUT2D eigenvalue weighted by Gasteiger charge is -2.20. The molecule has 0 radical (unpaired) electrons. The van der Waals surface area contributed by atoms with Gasteiger partial charge in [-0.15, -0.1) is 11.3 Å². The van der Waals surface area contributed by atoms with Gasteiger partial charge in [0.05, 0.1) is 11.2 Å². The molecule has 2 aromatic rings. The van der Waals surface area contributed by atoms with Crippen LogP contribution in [0.2, 0.25) is 0 Å². The predicted octanol–water partition coefficient (Wildman–Crippen LogP) is 2.33. The molecule has 1 amide bonds. The molecular weight excluding hydrogens is 307 g/mol. The van der Waals surface area contributed by atoms with E-state index < -0.39 is 5.97 Å². The van der Waals surface area contributed by atoms with Crippen LogP contribution in [0.3, 0.4) is 0 Å². The van der Waals surface area contributed by atoms with E-state index >= 15 is 0 Å². The molecule has 0 fully saturated rings. The highest BCUT2D eigenvalue weighted by molar-refractivity contribution is 7.07. The number of hydrogen-bond acceptors (Lipinski definition) is 4. The van der Waals surface area contributed by atoms with Crippen molar-refractivity contribution in [3.63, 3.8) is 0 Å². The standard InChI is InChI=1S/C15H15FN2O3S/c16-12-3-1-11(2-4-12)7-18(8-15(20)21)14(19)6-5-13-9-22-10-17-13/h1-4,9-10H,5-8H2,(H,20,21). The molecule has 0 saturated heterocycles. The summed E-state index contributed by atoms with van der Waals surface area (Å²) in [6, 6.07) is 5.65. The van der Waals surface area contributed by atoms with Gasteiger partial charge < -0.3 is 10.0 Å². The molecule has 2 rings (SSSR count). The van der Waals surface area contributed by atoms with E-state index in [0.29, 0.717) is 12.0 Å². The Morgan fingerprint density at radius 2 is 2.00 bits per heavy atom. The van der Waals surface area contributed by atoms with Crippen LogP contribution in [0.25, 0.3) is 0 Å². The van der Waals surface area contributed by atoms with Crippen LogP contribution in [0.1, 0.15) is 17.7 Å². The number of aliphatic carboxylic acids is 1. The van der Waals surface area contributed by atoms with Crippen LogP contribution < -0.4 is 0 Å². The van der Waals surface area contributed by atoms with Gasteiger partial charge in [-0.05, 0) is 24.1 Å². The largest absolute Gasteiger partial charge is 0.480 e. The number of aromatic nitrogens is 1. The Balaban J connectivity index is 1.99. The zero-order valence-electron chi connectivity index (χ0n) is 11.7. The number of halogens is 1. The first kappa shape index (κ1) is 16.1. The van der Waals surface area contributed by atoms with Crippen molar-refractivity contribution in [3.05, 3.63) is 52.2 Å². The Morgan fingerprint density at radius 3 is 2.59 bits per heavy atom. The average molecular weight is 322 g/mol. The Hall–Kier alpha value is -2.28. The van der Waals surface area contributed by atoms with E-state index in [1.807, 2.05) is 5.38 Å². The van der Waals surface area contributed by atoms with E-state index in [1.54, 1.807) is 5.51 Å². The van der Waals surface area contributed by atoms with Crippen LogP contribution in [0, 0.1) is 5.82 Å². The second-order valence-corrected chi connectivity index (χ2v) is 5.47. The second-order valence-electron chi connectivity index (χ2n) is 4.75. The molecular formula is C15H15FN2O3S. The minimum Gasteiger partial charge on any atom is -0.480 e. The van der Waals surface area contributed by atoms with Crippen molar-refractivity contribution >= 4 is 23.2 Å². The minimum atomic E-state index is -1.08. The monoisotopic (exact) mass is 322 g/mol. The van der Waals surface area contributed by atoms with Crippen LogP contribution in [-0.4, -0.2) is 33.4 Å². The summed E-state index contributed by atoms with van der Waals surface area (Å²) >= 11 is 1.45. The lowest BCUT2D eigenvalue weighted by atomic mass is 10.2. The predicted molar refractivity (Wildman–Crippen MR) is 79.9 cm³/mol. The number of nitrogens with zero attached hydrogens (tertiary/aromatic N) is 2. The highest BCUT2D eigenvalue weighted by atomic mass is 32.1. The van der Waals surface area contributed by atoms with Gasteiger partial charge in [0.2, 0.25) is 5.91 Å². The van der Waals surface area contributed by atoms with Gasteiger partial charge in [-0.1, -0.05) is 12.1 Å². The molecule has 0 saturated carbocycles. The van der Waals surface area contributed by atoms with Crippen LogP contribution in [0.15, 0.2) is 35.2 Å². The number of amides is 1. The lowest BCUT2D eigenvalue weighted by molar-refractivity contribution is -0.144. The van der Waals surface area contributed by atoms with E-state index in [1.165, 1.54) is 40.5 Å². The molecule has 0 atom stereocenters. The highest BCUT2D eigenvalue weighted by Gasteiger charge is 2.17. The third kappa shape index (κ3) is 4.92. The summed E-state index contributed by atoms with van der Waals surface area (Å²) < 4.78 is 12.9. The van der Waals surface area contributed by atoms with Gasteiger partial charge in [-0.3, -0.25) is 9.59 Å². The fraction of sp³-hybridized carbons (Fsp3) is 0.267. The maximum Gasteiger partial charge on any atom is 0.323 e. The van der Waals surface area contributed by atoms with E-state index in [0.717, 1.165) is 5.69 Å². The number of carboxylic acid groups (broad SMARTS) is 1. The molecule has 0 aliphatic heterocycles. The average Bonchev–Trinajstić information content (AvgIpc) is 2.99. The fourth-order valence-corrected chi connectivity index (χ4v) is 2.55. The van der Waals surface area contributed by atoms with Gasteiger partial charge in [0.1, 0.15) is 12.4 Å². The lowest BCUT2D eigenvalue weighted by Crippen LogP contribution is -2.35. The molecule has 0 spiro atoms. The molecule has 1 N–H and O–H groups in total. The first-order chi connectivity index (χ1) is 10.5. The van der Waals surface area contributed by atoms with Gasteiger partial charge in [-0.25, -0.2) is 9.37 Å². The molecule has 0 aliphatic rings. The van der Waals surface area contributed by atoms with Crippen molar-refractivity contribution in [1.29, 1.82) is 0 Å². The zero-order valence-corrected chi connectivity index (χ0v) is 12.6. The first-order valence-electron chi connectivity index (χ1n) is 6.65. The molecule has 1 heterocycles. The third-order valence-corrected chi connectivity index (χ3v) is 3.68. The van der Waals surface area contributed by atoms with Crippen LogP contribution in [0.5, 0.6) is 0 Å². The molecule has 0 aliphatic carbocycles. The molecule has 116 valence electrons. The van der Waals surface area contributed by atoms with E-state index in [4.69, 9.17) is 5.11 Å². The van der Waals surface area contributed by atoms with Crippen LogP contribution in [-0.2, 0) is 22.6 Å². The quantitative estimate of drug-likeness (QED) is 0.849. The number of aryl methyl sites for hydroxylation is 1. The number of rotatable bonds is 7. The zero-order chi connectivity index (χ0) is 15.9. The number of benzene rings is 1. The van der Waals surface area contributed by atoms with Gasteiger partial charge in [0.15, 0.2) is 0 Å². The van der Waals surface area contributed by atoms with Crippen molar-refractivity contribution in [2.45, 2.75) is 19.4 Å². The third-order valence-electron chi connectivity index (χ3n) is 3.04. The van der Waals surface area contributed by atoms with E-state index in [9.17, 15) is 14.0 Å². The first-order valence-corrected chi connectivity index (χ1v) is 7.60.